The zero-order chi connectivity index (χ0) is 25.7. The van der Waals surface area contributed by atoms with Crippen molar-refractivity contribution in [2.24, 2.45) is 23.1 Å². The normalized spacial score (nSPS) is 16.4. The van der Waals surface area contributed by atoms with Crippen LogP contribution in [0.15, 0.2) is 0 Å². The number of hydrogen-bond acceptors (Lipinski definition) is 8. The predicted molar refractivity (Wildman–Crippen MR) is 119 cm³/mol. The zero-order valence-electron chi connectivity index (χ0n) is 19.4. The summed E-state index contributed by atoms with van der Waals surface area (Å²) >= 11 is 0. The number of unbranched alkanes of at least 4 members (excludes halogenated alkanes) is 1. The standard InChI is InChI=1S/C20H38N6O7/c1-4-10(2)15(23)18(30)26-16(11(3)27)19(31)25-13(9-14(22)28)17(29)24-12(20(32)33)7-5-6-8-21/h10-13,15-16,27H,4-9,21,23H2,1-3H3,(H2,22,28)(H,24,29)(H,25,31)(H,26,30)(H,32,33). The Kier molecular flexibility index (Phi) is 13.9. The Bertz CT molecular complexity index is 688. The van der Waals surface area contributed by atoms with Crippen LogP contribution in [0.2, 0.25) is 0 Å². The van der Waals surface area contributed by atoms with Gasteiger partial charge in [-0.25, -0.2) is 4.79 Å². The van der Waals surface area contributed by atoms with Crippen LogP contribution in [0.1, 0.15) is 52.9 Å². The van der Waals surface area contributed by atoms with E-state index in [4.69, 9.17) is 17.2 Å². The van der Waals surface area contributed by atoms with E-state index in [-0.39, 0.29) is 12.3 Å². The molecule has 0 aromatic rings. The van der Waals surface area contributed by atoms with Crippen molar-refractivity contribution in [1.29, 1.82) is 0 Å². The van der Waals surface area contributed by atoms with Crippen LogP contribution in [0, 0.1) is 5.92 Å². The molecular formula is C20H38N6O7. The number of primary amides is 1. The Morgan fingerprint density at radius 2 is 1.48 bits per heavy atom. The number of carbonyl (C=O) groups is 5. The lowest BCUT2D eigenvalue weighted by molar-refractivity contribution is -0.142. The topological polar surface area (TPSA) is 240 Å². The van der Waals surface area contributed by atoms with E-state index in [0.29, 0.717) is 25.8 Å². The van der Waals surface area contributed by atoms with Crippen molar-refractivity contribution < 1.29 is 34.2 Å². The molecule has 0 saturated heterocycles. The maximum atomic E-state index is 12.7. The van der Waals surface area contributed by atoms with Gasteiger partial charge < -0.3 is 43.4 Å². The number of carboxylic acid groups (broad SMARTS) is 1. The minimum absolute atomic E-state index is 0.0926. The van der Waals surface area contributed by atoms with Gasteiger partial charge in [-0.2, -0.15) is 0 Å². The van der Waals surface area contributed by atoms with Crippen LogP contribution in [0.5, 0.6) is 0 Å². The Balaban J connectivity index is 5.43. The molecule has 0 aromatic heterocycles. The molecule has 0 aliphatic carbocycles. The summed E-state index contributed by atoms with van der Waals surface area (Å²) in [5, 5.41) is 26.2. The molecule has 0 heterocycles. The summed E-state index contributed by atoms with van der Waals surface area (Å²) < 4.78 is 0. The maximum absolute atomic E-state index is 12.7. The summed E-state index contributed by atoms with van der Waals surface area (Å²) in [6, 6.07) is -5.20. The van der Waals surface area contributed by atoms with Crippen LogP contribution in [-0.4, -0.2) is 76.6 Å². The molecule has 13 heteroatoms. The van der Waals surface area contributed by atoms with Crippen molar-refractivity contribution in [3.05, 3.63) is 0 Å². The molecule has 0 aliphatic heterocycles. The molecule has 0 aliphatic rings. The van der Waals surface area contributed by atoms with Crippen molar-refractivity contribution in [1.82, 2.24) is 16.0 Å². The average Bonchev–Trinajstić information content (AvgIpc) is 2.73. The van der Waals surface area contributed by atoms with E-state index in [9.17, 15) is 34.2 Å². The molecule has 33 heavy (non-hydrogen) atoms. The first-order chi connectivity index (χ1) is 15.3. The molecular weight excluding hydrogens is 436 g/mol. The van der Waals surface area contributed by atoms with Crippen molar-refractivity contribution in [2.45, 2.75) is 83.1 Å². The van der Waals surface area contributed by atoms with Gasteiger partial charge in [-0.3, -0.25) is 19.2 Å². The highest BCUT2D eigenvalue weighted by atomic mass is 16.4. The molecule has 0 spiro atoms. The first-order valence-corrected chi connectivity index (χ1v) is 10.9. The summed E-state index contributed by atoms with van der Waals surface area (Å²) in [4.78, 5) is 60.6. The van der Waals surface area contributed by atoms with Gasteiger partial charge >= 0.3 is 5.97 Å². The Hall–Kier alpha value is -2.77. The van der Waals surface area contributed by atoms with E-state index in [1.165, 1.54) is 6.92 Å². The lowest BCUT2D eigenvalue weighted by Crippen LogP contribution is -2.60. The second-order valence-electron chi connectivity index (χ2n) is 8.05. The lowest BCUT2D eigenvalue weighted by atomic mass is 9.98. The van der Waals surface area contributed by atoms with Gasteiger partial charge in [0, 0.05) is 0 Å². The zero-order valence-corrected chi connectivity index (χ0v) is 19.4. The van der Waals surface area contributed by atoms with E-state index >= 15 is 0 Å². The average molecular weight is 475 g/mol. The van der Waals surface area contributed by atoms with Crippen LogP contribution in [0.25, 0.3) is 0 Å². The van der Waals surface area contributed by atoms with Gasteiger partial charge in [-0.05, 0) is 38.6 Å². The summed E-state index contributed by atoms with van der Waals surface area (Å²) in [7, 11) is 0. The van der Waals surface area contributed by atoms with Gasteiger partial charge in [-0.15, -0.1) is 0 Å². The maximum Gasteiger partial charge on any atom is 0.326 e. The van der Waals surface area contributed by atoms with E-state index in [1.54, 1.807) is 6.92 Å². The minimum Gasteiger partial charge on any atom is -0.480 e. The van der Waals surface area contributed by atoms with Crippen molar-refractivity contribution in [2.75, 3.05) is 6.54 Å². The fourth-order valence-electron chi connectivity index (χ4n) is 2.86. The van der Waals surface area contributed by atoms with Crippen LogP contribution in [0.4, 0.5) is 0 Å². The molecule has 13 nitrogen and oxygen atoms in total. The first kappa shape index (κ1) is 30.2. The summed E-state index contributed by atoms with van der Waals surface area (Å²) in [6.07, 6.45) is -0.298. The minimum atomic E-state index is -1.52. The highest BCUT2D eigenvalue weighted by Gasteiger charge is 2.33. The van der Waals surface area contributed by atoms with Gasteiger partial charge in [0.25, 0.3) is 0 Å². The molecule has 4 amide bonds. The predicted octanol–water partition coefficient (Wildman–Crippen LogP) is -2.72. The van der Waals surface area contributed by atoms with Gasteiger partial charge in [0.1, 0.15) is 18.1 Å². The van der Waals surface area contributed by atoms with Gasteiger partial charge in [0.15, 0.2) is 0 Å². The number of nitrogens with two attached hydrogens (primary N) is 3. The van der Waals surface area contributed by atoms with Gasteiger partial charge in [0.05, 0.1) is 18.6 Å². The number of carbonyl (C=O) groups excluding carboxylic acids is 4. The molecule has 190 valence electrons. The van der Waals surface area contributed by atoms with E-state index in [0.717, 1.165) is 0 Å². The number of rotatable bonds is 16. The first-order valence-electron chi connectivity index (χ1n) is 10.9. The van der Waals surface area contributed by atoms with Crippen molar-refractivity contribution in [3.63, 3.8) is 0 Å². The van der Waals surface area contributed by atoms with Crippen molar-refractivity contribution >= 4 is 29.6 Å². The molecule has 0 bridgehead atoms. The molecule has 0 fully saturated rings. The van der Waals surface area contributed by atoms with Crippen LogP contribution in [0.3, 0.4) is 0 Å². The Labute approximate surface area is 193 Å². The number of hydrogen-bond donors (Lipinski definition) is 8. The molecule has 0 aromatic carbocycles. The van der Waals surface area contributed by atoms with Gasteiger partial charge in [0.2, 0.25) is 23.6 Å². The monoisotopic (exact) mass is 474 g/mol. The van der Waals surface area contributed by atoms with Crippen LogP contribution < -0.4 is 33.2 Å². The van der Waals surface area contributed by atoms with E-state index < -0.39 is 66.3 Å². The Morgan fingerprint density at radius 1 is 0.909 bits per heavy atom. The third-order valence-electron chi connectivity index (χ3n) is 5.22. The number of aliphatic hydroxyl groups excluding tert-OH is 1. The highest BCUT2D eigenvalue weighted by Crippen LogP contribution is 2.07. The Morgan fingerprint density at radius 3 is 1.94 bits per heavy atom. The molecule has 0 saturated carbocycles. The molecule has 6 unspecified atom stereocenters. The smallest absolute Gasteiger partial charge is 0.326 e. The number of amides is 4. The quantitative estimate of drug-likeness (QED) is 0.108. The van der Waals surface area contributed by atoms with Crippen LogP contribution in [-0.2, 0) is 24.0 Å². The number of aliphatic hydroxyl groups is 1. The molecule has 6 atom stereocenters. The van der Waals surface area contributed by atoms with Gasteiger partial charge in [-0.1, -0.05) is 20.3 Å². The lowest BCUT2D eigenvalue weighted by Gasteiger charge is -2.27. The number of nitrogens with one attached hydrogen (secondary N) is 3. The fourth-order valence-corrected chi connectivity index (χ4v) is 2.86. The third-order valence-corrected chi connectivity index (χ3v) is 5.22. The third kappa shape index (κ3) is 11.1. The van der Waals surface area contributed by atoms with Crippen molar-refractivity contribution in [3.8, 4) is 0 Å². The summed E-state index contributed by atoms with van der Waals surface area (Å²) in [5.41, 5.74) is 16.4. The molecule has 11 N–H and O–H groups in total. The molecule has 0 rings (SSSR count). The SMILES string of the molecule is CCC(C)C(N)C(=O)NC(C(=O)NC(CC(N)=O)C(=O)NC(CCCCN)C(=O)O)C(C)O. The largest absolute Gasteiger partial charge is 0.480 e. The van der Waals surface area contributed by atoms with E-state index in [2.05, 4.69) is 16.0 Å². The molecule has 0 radical (unpaired) electrons. The number of aliphatic carboxylic acids is 1. The summed E-state index contributed by atoms with van der Waals surface area (Å²) in [6.45, 7) is 5.19. The number of carboxylic acids is 1. The highest BCUT2D eigenvalue weighted by molar-refractivity contribution is 5.96. The fraction of sp³-hybridized carbons (Fsp3) is 0.750. The van der Waals surface area contributed by atoms with E-state index in [1.807, 2.05) is 6.92 Å². The second kappa shape index (κ2) is 15.1. The second-order valence-corrected chi connectivity index (χ2v) is 8.05. The van der Waals surface area contributed by atoms with Crippen LogP contribution >= 0.6 is 0 Å². The summed E-state index contributed by atoms with van der Waals surface area (Å²) in [5.74, 6) is -5.00.